The van der Waals surface area contributed by atoms with Crippen molar-refractivity contribution in [1.82, 2.24) is 9.80 Å². The Hall–Kier alpha value is -3.19. The summed E-state index contributed by atoms with van der Waals surface area (Å²) in [7, 11) is 0. The molecule has 7 heteroatoms. The minimum absolute atomic E-state index is 0.0412. The first-order valence-corrected chi connectivity index (χ1v) is 12.7. The van der Waals surface area contributed by atoms with E-state index >= 15 is 0 Å². The fraction of sp³-hybridized carbons (Fsp3) is 0.357. The lowest BCUT2D eigenvalue weighted by atomic mass is 10.1. The van der Waals surface area contributed by atoms with E-state index in [0.717, 1.165) is 27.1 Å². The number of urea groups is 1. The lowest BCUT2D eigenvalue weighted by molar-refractivity contribution is -0.133. The summed E-state index contributed by atoms with van der Waals surface area (Å²) in [6, 6.07) is 13.7. The zero-order chi connectivity index (χ0) is 25.5. The third kappa shape index (κ3) is 7.65. The molecule has 1 heterocycles. The number of aryl methyl sites for hydroxylation is 3. The Morgan fingerprint density at radius 1 is 0.914 bits per heavy atom. The predicted molar refractivity (Wildman–Crippen MR) is 141 cm³/mol. The van der Waals surface area contributed by atoms with Crippen LogP contribution in [0.1, 0.15) is 41.0 Å². The Kier molecular flexibility index (Phi) is 9.04. The van der Waals surface area contributed by atoms with Gasteiger partial charge in [0.15, 0.2) is 0 Å². The van der Waals surface area contributed by atoms with Crippen LogP contribution < -0.4 is 5.32 Å². The molecule has 3 aromatic rings. The van der Waals surface area contributed by atoms with Crippen LogP contribution >= 0.6 is 11.3 Å². The van der Waals surface area contributed by atoms with Gasteiger partial charge in [-0.2, -0.15) is 0 Å². The Bertz CT molecular complexity index is 1160. The summed E-state index contributed by atoms with van der Waals surface area (Å²) in [4.78, 5) is 31.1. The maximum Gasteiger partial charge on any atom is 0.322 e. The molecule has 1 aromatic heterocycles. The number of carbonyl (C=O) groups excluding carboxylic acids is 2. The number of nitrogens with zero attached hydrogens (tertiary/aromatic N) is 2. The topological polar surface area (TPSA) is 52.7 Å². The molecule has 0 atom stereocenters. The zero-order valence-electron chi connectivity index (χ0n) is 21.1. The molecular weight excluding hydrogens is 461 g/mol. The van der Waals surface area contributed by atoms with Crippen LogP contribution in [-0.2, 0) is 17.9 Å². The first-order valence-electron chi connectivity index (χ1n) is 11.8. The van der Waals surface area contributed by atoms with Crippen LogP contribution in [0.3, 0.4) is 0 Å². The van der Waals surface area contributed by atoms with Gasteiger partial charge in [-0.05, 0) is 84.7 Å². The van der Waals surface area contributed by atoms with Gasteiger partial charge in [-0.3, -0.25) is 4.79 Å². The second-order valence-corrected chi connectivity index (χ2v) is 10.4. The summed E-state index contributed by atoms with van der Waals surface area (Å²) in [6.07, 6.45) is 0. The fourth-order valence-corrected chi connectivity index (χ4v) is 4.65. The predicted octanol–water partition coefficient (Wildman–Crippen LogP) is 6.53. The molecule has 0 radical (unpaired) electrons. The number of benzene rings is 2. The van der Waals surface area contributed by atoms with E-state index in [9.17, 15) is 14.0 Å². The van der Waals surface area contributed by atoms with Crippen molar-refractivity contribution in [3.63, 3.8) is 0 Å². The van der Waals surface area contributed by atoms with Crippen molar-refractivity contribution in [2.75, 3.05) is 18.4 Å². The molecule has 2 aromatic carbocycles. The second kappa shape index (κ2) is 12.0. The van der Waals surface area contributed by atoms with Gasteiger partial charge in [0.25, 0.3) is 0 Å². The number of amides is 3. The number of carbonyl (C=O) groups is 2. The molecule has 0 fully saturated rings. The zero-order valence-corrected chi connectivity index (χ0v) is 21.9. The highest BCUT2D eigenvalue weighted by Gasteiger charge is 2.23. The molecule has 1 N–H and O–H groups in total. The molecule has 0 saturated heterocycles. The summed E-state index contributed by atoms with van der Waals surface area (Å²) < 4.78 is 13.4. The van der Waals surface area contributed by atoms with Gasteiger partial charge in [0.2, 0.25) is 5.91 Å². The Morgan fingerprint density at radius 2 is 1.63 bits per heavy atom. The average molecular weight is 496 g/mol. The lowest BCUT2D eigenvalue weighted by Gasteiger charge is -2.29. The molecule has 0 saturated carbocycles. The molecule has 3 amide bonds. The molecule has 0 spiro atoms. The monoisotopic (exact) mass is 495 g/mol. The molecule has 5 nitrogen and oxygen atoms in total. The van der Waals surface area contributed by atoms with Gasteiger partial charge in [-0.1, -0.05) is 32.0 Å². The molecular formula is C28H34FN3O2S. The maximum absolute atomic E-state index is 13.5. The van der Waals surface area contributed by atoms with Crippen LogP contribution in [0.5, 0.6) is 0 Å². The quantitative estimate of drug-likeness (QED) is 0.367. The molecule has 0 bridgehead atoms. The van der Waals surface area contributed by atoms with Gasteiger partial charge in [-0.25, -0.2) is 9.18 Å². The molecule has 35 heavy (non-hydrogen) atoms. The van der Waals surface area contributed by atoms with Crippen molar-refractivity contribution in [1.29, 1.82) is 0 Å². The van der Waals surface area contributed by atoms with Crippen molar-refractivity contribution >= 4 is 29.0 Å². The van der Waals surface area contributed by atoms with E-state index in [1.54, 1.807) is 33.3 Å². The van der Waals surface area contributed by atoms with E-state index in [0.29, 0.717) is 25.3 Å². The van der Waals surface area contributed by atoms with Crippen LogP contribution in [0.2, 0.25) is 0 Å². The van der Waals surface area contributed by atoms with Gasteiger partial charge < -0.3 is 15.1 Å². The Balaban J connectivity index is 1.79. The van der Waals surface area contributed by atoms with Crippen molar-refractivity contribution in [2.45, 2.75) is 47.7 Å². The van der Waals surface area contributed by atoms with E-state index < -0.39 is 0 Å². The minimum Gasteiger partial charge on any atom is -0.332 e. The highest BCUT2D eigenvalue weighted by Crippen LogP contribution is 2.20. The number of anilines is 1. The van der Waals surface area contributed by atoms with Crippen LogP contribution in [-0.4, -0.2) is 34.8 Å². The van der Waals surface area contributed by atoms with Crippen LogP contribution in [0, 0.1) is 32.5 Å². The maximum atomic E-state index is 13.5. The number of thiophene rings is 1. The molecule has 186 valence electrons. The first kappa shape index (κ1) is 26.4. The number of hydrogen-bond acceptors (Lipinski definition) is 3. The fourth-order valence-electron chi connectivity index (χ4n) is 3.73. The summed E-state index contributed by atoms with van der Waals surface area (Å²) in [6.45, 7) is 11.3. The number of halogens is 1. The van der Waals surface area contributed by atoms with Gasteiger partial charge in [0.1, 0.15) is 12.4 Å². The van der Waals surface area contributed by atoms with E-state index in [1.165, 1.54) is 12.1 Å². The Labute approximate surface area is 211 Å². The Morgan fingerprint density at radius 3 is 2.23 bits per heavy atom. The third-order valence-electron chi connectivity index (χ3n) is 5.90. The smallest absolute Gasteiger partial charge is 0.322 e. The molecule has 0 aliphatic carbocycles. The first-order chi connectivity index (χ1) is 16.6. The summed E-state index contributed by atoms with van der Waals surface area (Å²) in [5, 5.41) is 4.95. The summed E-state index contributed by atoms with van der Waals surface area (Å²) >= 11 is 1.60. The highest BCUT2D eigenvalue weighted by molar-refractivity contribution is 7.10. The lowest BCUT2D eigenvalue weighted by Crippen LogP contribution is -2.45. The van der Waals surface area contributed by atoms with Crippen molar-refractivity contribution in [2.24, 2.45) is 5.92 Å². The van der Waals surface area contributed by atoms with Gasteiger partial charge >= 0.3 is 6.03 Å². The summed E-state index contributed by atoms with van der Waals surface area (Å²) in [5.41, 5.74) is 4.91. The molecule has 3 rings (SSSR count). The molecule has 0 unspecified atom stereocenters. The largest absolute Gasteiger partial charge is 0.332 e. The van der Waals surface area contributed by atoms with Crippen LogP contribution in [0.25, 0.3) is 0 Å². The number of hydrogen-bond donors (Lipinski definition) is 1. The highest BCUT2D eigenvalue weighted by atomic mass is 32.1. The third-order valence-corrected chi connectivity index (χ3v) is 6.91. The number of nitrogens with one attached hydrogen (secondary N) is 1. The SMILES string of the molecule is Cc1ccc(NC(=O)N(CC(=O)N(Cc2ccc(F)cc2)Cc2sccc2C)CC(C)C)cc1C. The van der Waals surface area contributed by atoms with E-state index in [-0.39, 0.29) is 30.2 Å². The molecule has 0 aliphatic rings. The second-order valence-electron chi connectivity index (χ2n) is 9.41. The van der Waals surface area contributed by atoms with Crippen molar-refractivity contribution < 1.29 is 14.0 Å². The summed E-state index contributed by atoms with van der Waals surface area (Å²) in [5.74, 6) is -0.275. The normalized spacial score (nSPS) is 10.9. The standard InChI is InChI=1S/C28H34FN3O2S/c1-19(2)15-32(28(34)30-25-11-6-20(3)22(5)14-25)18-27(33)31(17-26-21(4)12-13-35-26)16-23-7-9-24(29)10-8-23/h6-14,19H,15-18H2,1-5H3,(H,30,34). The van der Waals surface area contributed by atoms with E-state index in [1.807, 2.05) is 64.3 Å². The minimum atomic E-state index is -0.313. The van der Waals surface area contributed by atoms with Gasteiger partial charge in [-0.15, -0.1) is 11.3 Å². The van der Waals surface area contributed by atoms with E-state index in [4.69, 9.17) is 0 Å². The van der Waals surface area contributed by atoms with Crippen molar-refractivity contribution in [3.8, 4) is 0 Å². The van der Waals surface area contributed by atoms with Crippen LogP contribution in [0.4, 0.5) is 14.9 Å². The molecule has 0 aliphatic heterocycles. The number of rotatable bonds is 9. The van der Waals surface area contributed by atoms with E-state index in [2.05, 4.69) is 5.32 Å². The van der Waals surface area contributed by atoms with Crippen molar-refractivity contribution in [3.05, 3.63) is 86.9 Å². The van der Waals surface area contributed by atoms with Gasteiger partial charge in [0, 0.05) is 23.7 Å². The van der Waals surface area contributed by atoms with Gasteiger partial charge in [0.05, 0.1) is 6.54 Å². The van der Waals surface area contributed by atoms with Crippen LogP contribution in [0.15, 0.2) is 53.9 Å². The average Bonchev–Trinajstić information content (AvgIpc) is 3.20.